The molecule has 120 valence electrons. The predicted octanol–water partition coefficient (Wildman–Crippen LogP) is 4.38. The van der Waals surface area contributed by atoms with Crippen molar-refractivity contribution in [3.8, 4) is 28.5 Å². The second kappa shape index (κ2) is 5.84. The molecule has 0 saturated carbocycles. The predicted molar refractivity (Wildman–Crippen MR) is 93.3 cm³/mol. The van der Waals surface area contributed by atoms with Gasteiger partial charge in [-0.3, -0.25) is 4.40 Å². The van der Waals surface area contributed by atoms with Gasteiger partial charge in [0.15, 0.2) is 0 Å². The molecule has 0 fully saturated rings. The smallest absolute Gasteiger partial charge is 0.234 e. The van der Waals surface area contributed by atoms with Crippen LogP contribution in [-0.4, -0.2) is 14.4 Å². The first-order valence-electron chi connectivity index (χ1n) is 7.77. The van der Waals surface area contributed by atoms with Crippen LogP contribution >= 0.6 is 0 Å². The number of nitrogens with zero attached hydrogens (tertiary/aromatic N) is 4. The zero-order valence-corrected chi connectivity index (χ0v) is 13.4. The molecule has 0 saturated heterocycles. The second-order valence-corrected chi connectivity index (χ2v) is 5.76. The Balaban J connectivity index is 1.86. The maximum Gasteiger partial charge on any atom is 0.234 e. The topological polar surface area (TPSA) is 54.0 Å². The van der Waals surface area contributed by atoms with Crippen LogP contribution in [-0.2, 0) is 0 Å². The van der Waals surface area contributed by atoms with Gasteiger partial charge in [0.1, 0.15) is 5.82 Å². The van der Waals surface area contributed by atoms with Gasteiger partial charge in [-0.2, -0.15) is 5.26 Å². The van der Waals surface area contributed by atoms with Crippen LogP contribution in [0.25, 0.3) is 28.2 Å². The second-order valence-electron chi connectivity index (χ2n) is 5.76. The Morgan fingerprint density at radius 3 is 2.76 bits per heavy atom. The van der Waals surface area contributed by atoms with Crippen LogP contribution in [0.1, 0.15) is 11.3 Å². The Kier molecular flexibility index (Phi) is 3.51. The highest BCUT2D eigenvalue weighted by molar-refractivity contribution is 5.75. The fourth-order valence-electron chi connectivity index (χ4n) is 2.88. The number of hydrogen-bond donors (Lipinski definition) is 0. The van der Waals surface area contributed by atoms with E-state index in [0.717, 1.165) is 22.5 Å². The average Bonchev–Trinajstić information content (AvgIpc) is 3.04. The van der Waals surface area contributed by atoms with Crippen LogP contribution in [0.4, 0.5) is 4.39 Å². The molecule has 4 nitrogen and oxygen atoms in total. The quantitative estimate of drug-likeness (QED) is 0.548. The number of benzene rings is 2. The minimum atomic E-state index is -0.417. The Hall–Kier alpha value is -3.52. The summed E-state index contributed by atoms with van der Waals surface area (Å²) in [6.07, 6.45) is 3.71. The minimum absolute atomic E-state index is 0.313. The number of imidazole rings is 1. The molecule has 5 heteroatoms. The summed E-state index contributed by atoms with van der Waals surface area (Å²) in [5.41, 5.74) is 4.63. The van der Waals surface area contributed by atoms with Gasteiger partial charge >= 0.3 is 0 Å². The standard InChI is InChI=1S/C20H13FN4/c1-13-7-8-25-19(12-23-20(25)24-13)15-4-2-3-14(9-15)18-6-5-17(21)10-16(18)11-22/h2-10,12H,1H3. The first-order chi connectivity index (χ1) is 12.2. The lowest BCUT2D eigenvalue weighted by Gasteiger charge is -2.08. The molecule has 2 aromatic heterocycles. The lowest BCUT2D eigenvalue weighted by atomic mass is 9.98. The largest absolute Gasteiger partial charge is 0.284 e. The molecule has 0 aliphatic heterocycles. The highest BCUT2D eigenvalue weighted by Gasteiger charge is 2.10. The van der Waals surface area contributed by atoms with Crippen molar-refractivity contribution in [2.45, 2.75) is 6.92 Å². The summed E-state index contributed by atoms with van der Waals surface area (Å²) in [5, 5.41) is 9.29. The molecule has 0 amide bonds. The van der Waals surface area contributed by atoms with E-state index in [1.54, 1.807) is 12.3 Å². The number of nitriles is 1. The summed E-state index contributed by atoms with van der Waals surface area (Å²) in [6.45, 7) is 1.92. The van der Waals surface area contributed by atoms with Crippen LogP contribution < -0.4 is 0 Å². The summed E-state index contributed by atoms with van der Waals surface area (Å²) in [4.78, 5) is 8.76. The van der Waals surface area contributed by atoms with Gasteiger partial charge in [0, 0.05) is 17.5 Å². The molecule has 4 aromatic rings. The fourth-order valence-corrected chi connectivity index (χ4v) is 2.88. The van der Waals surface area contributed by atoms with E-state index in [0.29, 0.717) is 16.9 Å². The summed E-state index contributed by atoms with van der Waals surface area (Å²) >= 11 is 0. The number of aromatic nitrogens is 3. The van der Waals surface area contributed by atoms with Gasteiger partial charge < -0.3 is 0 Å². The van der Waals surface area contributed by atoms with Crippen LogP contribution in [0.15, 0.2) is 60.9 Å². The number of halogens is 1. The van der Waals surface area contributed by atoms with E-state index in [-0.39, 0.29) is 0 Å². The van der Waals surface area contributed by atoms with Crippen LogP contribution in [0.5, 0.6) is 0 Å². The first-order valence-corrected chi connectivity index (χ1v) is 7.77. The van der Waals surface area contributed by atoms with E-state index in [2.05, 4.69) is 16.0 Å². The number of rotatable bonds is 2. The van der Waals surface area contributed by atoms with Crippen molar-refractivity contribution in [3.05, 3.63) is 78.0 Å². The zero-order chi connectivity index (χ0) is 17.4. The molecule has 0 atom stereocenters. The van der Waals surface area contributed by atoms with Crippen molar-refractivity contribution < 1.29 is 4.39 Å². The van der Waals surface area contributed by atoms with Gasteiger partial charge in [0.25, 0.3) is 0 Å². The maximum absolute atomic E-state index is 13.4. The molecule has 0 bridgehead atoms. The highest BCUT2D eigenvalue weighted by atomic mass is 19.1. The van der Waals surface area contributed by atoms with Gasteiger partial charge in [0.2, 0.25) is 5.78 Å². The lowest BCUT2D eigenvalue weighted by molar-refractivity contribution is 0.627. The molecule has 4 rings (SSSR count). The average molecular weight is 328 g/mol. The third-order valence-corrected chi connectivity index (χ3v) is 4.09. The monoisotopic (exact) mass is 328 g/mol. The molecule has 0 N–H and O–H groups in total. The SMILES string of the molecule is Cc1ccn2c(-c3cccc(-c4ccc(F)cc4C#N)c3)cnc2n1. The maximum atomic E-state index is 13.4. The summed E-state index contributed by atoms with van der Waals surface area (Å²) < 4.78 is 15.3. The number of aryl methyl sites for hydroxylation is 1. The van der Waals surface area contributed by atoms with Crippen molar-refractivity contribution in [1.29, 1.82) is 5.26 Å². The molecule has 0 aliphatic rings. The summed E-state index contributed by atoms with van der Waals surface area (Å²) in [5.74, 6) is 0.222. The van der Waals surface area contributed by atoms with Crippen molar-refractivity contribution in [2.24, 2.45) is 0 Å². The first kappa shape index (κ1) is 15.0. The van der Waals surface area contributed by atoms with Crippen molar-refractivity contribution in [1.82, 2.24) is 14.4 Å². The van der Waals surface area contributed by atoms with Crippen molar-refractivity contribution in [3.63, 3.8) is 0 Å². The fraction of sp³-hybridized carbons (Fsp3) is 0.0500. The Bertz CT molecular complexity index is 1140. The van der Waals surface area contributed by atoms with Crippen LogP contribution in [0.3, 0.4) is 0 Å². The van der Waals surface area contributed by atoms with E-state index in [4.69, 9.17) is 0 Å². The van der Waals surface area contributed by atoms with E-state index >= 15 is 0 Å². The number of fused-ring (bicyclic) bond motifs is 1. The van der Waals surface area contributed by atoms with Gasteiger partial charge in [0.05, 0.1) is 23.5 Å². The highest BCUT2D eigenvalue weighted by Crippen LogP contribution is 2.29. The zero-order valence-electron chi connectivity index (χ0n) is 13.4. The molecule has 0 unspecified atom stereocenters. The van der Waals surface area contributed by atoms with Crippen molar-refractivity contribution >= 4 is 5.78 Å². The summed E-state index contributed by atoms with van der Waals surface area (Å²) in [6, 6.07) is 16.0. The molecule has 0 radical (unpaired) electrons. The van der Waals surface area contributed by atoms with Crippen LogP contribution in [0.2, 0.25) is 0 Å². The van der Waals surface area contributed by atoms with Gasteiger partial charge in [-0.05, 0) is 42.3 Å². The molecule has 0 aliphatic carbocycles. The normalized spacial score (nSPS) is 10.8. The third-order valence-electron chi connectivity index (χ3n) is 4.09. The summed E-state index contributed by atoms with van der Waals surface area (Å²) in [7, 11) is 0. The van der Waals surface area contributed by atoms with Gasteiger partial charge in [-0.25, -0.2) is 14.4 Å². The molecular weight excluding hydrogens is 315 g/mol. The molecule has 25 heavy (non-hydrogen) atoms. The molecule has 2 aromatic carbocycles. The van der Waals surface area contributed by atoms with Gasteiger partial charge in [-0.1, -0.05) is 24.3 Å². The Morgan fingerprint density at radius 1 is 1.08 bits per heavy atom. The van der Waals surface area contributed by atoms with E-state index < -0.39 is 5.82 Å². The van der Waals surface area contributed by atoms with E-state index in [9.17, 15) is 9.65 Å². The Labute approximate surface area is 143 Å². The van der Waals surface area contributed by atoms with E-state index in [1.165, 1.54) is 12.1 Å². The molecular formula is C20H13FN4. The molecule has 0 spiro atoms. The minimum Gasteiger partial charge on any atom is -0.284 e. The Morgan fingerprint density at radius 2 is 1.92 bits per heavy atom. The number of hydrogen-bond acceptors (Lipinski definition) is 3. The van der Waals surface area contributed by atoms with E-state index in [1.807, 2.05) is 47.9 Å². The molecule has 2 heterocycles. The van der Waals surface area contributed by atoms with Crippen LogP contribution in [0, 0.1) is 24.1 Å². The van der Waals surface area contributed by atoms with Crippen molar-refractivity contribution in [2.75, 3.05) is 0 Å². The lowest BCUT2D eigenvalue weighted by Crippen LogP contribution is -1.93. The third kappa shape index (κ3) is 2.64. The van der Waals surface area contributed by atoms with Gasteiger partial charge in [-0.15, -0.1) is 0 Å².